The van der Waals surface area contributed by atoms with Gasteiger partial charge in [-0.05, 0) is 29.8 Å². The lowest BCUT2D eigenvalue weighted by molar-refractivity contribution is 0.112. The van der Waals surface area contributed by atoms with Crippen LogP contribution in [0.2, 0.25) is 5.02 Å². The van der Waals surface area contributed by atoms with Gasteiger partial charge in [0.05, 0.1) is 5.03 Å². The van der Waals surface area contributed by atoms with Crippen molar-refractivity contribution in [2.24, 2.45) is 0 Å². The lowest BCUT2D eigenvalue weighted by Crippen LogP contribution is -1.85. The number of thioether (sulfide) groups is 1. The maximum absolute atomic E-state index is 10.5. The highest BCUT2D eigenvalue weighted by atomic mass is 35.5. The third-order valence-corrected chi connectivity index (χ3v) is 3.46. The predicted molar refractivity (Wildman–Crippen MR) is 70.6 cm³/mol. The van der Waals surface area contributed by atoms with Gasteiger partial charge in [-0.15, -0.1) is 11.8 Å². The van der Waals surface area contributed by atoms with Gasteiger partial charge in [0, 0.05) is 22.5 Å². The topological polar surface area (TPSA) is 30.0 Å². The Morgan fingerprint density at radius 2 is 1.94 bits per heavy atom. The zero-order valence-corrected chi connectivity index (χ0v) is 10.5. The summed E-state index contributed by atoms with van der Waals surface area (Å²) in [6, 6.07) is 11.4. The van der Waals surface area contributed by atoms with E-state index < -0.39 is 0 Å². The van der Waals surface area contributed by atoms with E-state index in [-0.39, 0.29) is 0 Å². The average molecular weight is 264 g/mol. The Labute approximate surface area is 109 Å². The maximum Gasteiger partial charge on any atom is 0.151 e. The van der Waals surface area contributed by atoms with E-state index in [1.54, 1.807) is 24.0 Å². The van der Waals surface area contributed by atoms with Crippen LogP contribution in [0.1, 0.15) is 15.9 Å². The summed E-state index contributed by atoms with van der Waals surface area (Å²) in [5.74, 6) is 0.838. The standard InChI is InChI=1S/C13H10ClNOS/c14-12-4-1-10(2-5-12)9-17-13-6-3-11(8-16)7-15-13/h1-8H,9H2. The number of aldehydes is 1. The molecule has 0 bridgehead atoms. The first-order valence-electron chi connectivity index (χ1n) is 5.06. The summed E-state index contributed by atoms with van der Waals surface area (Å²) in [6.07, 6.45) is 2.37. The minimum Gasteiger partial charge on any atom is -0.298 e. The van der Waals surface area contributed by atoms with Gasteiger partial charge in [0.2, 0.25) is 0 Å². The normalized spacial score (nSPS) is 10.2. The van der Waals surface area contributed by atoms with E-state index in [2.05, 4.69) is 4.98 Å². The average Bonchev–Trinajstić information content (AvgIpc) is 2.39. The molecule has 86 valence electrons. The molecule has 0 atom stereocenters. The molecule has 0 saturated carbocycles. The van der Waals surface area contributed by atoms with Crippen LogP contribution in [0.4, 0.5) is 0 Å². The highest BCUT2D eigenvalue weighted by Crippen LogP contribution is 2.21. The highest BCUT2D eigenvalue weighted by molar-refractivity contribution is 7.98. The molecular formula is C13H10ClNOS. The third-order valence-electron chi connectivity index (χ3n) is 2.20. The molecule has 0 amide bonds. The first-order valence-corrected chi connectivity index (χ1v) is 6.43. The van der Waals surface area contributed by atoms with Crippen LogP contribution < -0.4 is 0 Å². The molecular weight excluding hydrogens is 254 g/mol. The molecule has 2 nitrogen and oxygen atoms in total. The van der Waals surface area contributed by atoms with E-state index in [0.29, 0.717) is 5.56 Å². The number of rotatable bonds is 4. The number of carbonyl (C=O) groups is 1. The summed E-state index contributed by atoms with van der Waals surface area (Å²) in [5.41, 5.74) is 1.79. The summed E-state index contributed by atoms with van der Waals surface area (Å²) < 4.78 is 0. The maximum atomic E-state index is 10.5. The van der Waals surface area contributed by atoms with Crippen LogP contribution in [-0.2, 0) is 5.75 Å². The van der Waals surface area contributed by atoms with E-state index in [1.165, 1.54) is 5.56 Å². The van der Waals surface area contributed by atoms with Gasteiger partial charge >= 0.3 is 0 Å². The van der Waals surface area contributed by atoms with Gasteiger partial charge in [-0.3, -0.25) is 4.79 Å². The minimum absolute atomic E-state index is 0.598. The van der Waals surface area contributed by atoms with Crippen molar-refractivity contribution in [3.05, 3.63) is 58.7 Å². The molecule has 0 N–H and O–H groups in total. The zero-order chi connectivity index (χ0) is 12.1. The van der Waals surface area contributed by atoms with Crippen molar-refractivity contribution in [1.29, 1.82) is 0 Å². The second kappa shape index (κ2) is 5.84. The third kappa shape index (κ3) is 3.58. The number of aromatic nitrogens is 1. The van der Waals surface area contributed by atoms with Gasteiger partial charge in [-0.2, -0.15) is 0 Å². The van der Waals surface area contributed by atoms with E-state index in [1.807, 2.05) is 30.3 Å². The summed E-state index contributed by atoms with van der Waals surface area (Å²) in [7, 11) is 0. The van der Waals surface area contributed by atoms with Crippen molar-refractivity contribution in [3.8, 4) is 0 Å². The smallest absolute Gasteiger partial charge is 0.151 e. The van der Waals surface area contributed by atoms with Crippen molar-refractivity contribution in [1.82, 2.24) is 4.98 Å². The molecule has 0 spiro atoms. The van der Waals surface area contributed by atoms with Gasteiger partial charge in [0.15, 0.2) is 6.29 Å². The zero-order valence-electron chi connectivity index (χ0n) is 8.97. The first-order chi connectivity index (χ1) is 8.28. The molecule has 4 heteroatoms. The van der Waals surface area contributed by atoms with Gasteiger partial charge in [0.25, 0.3) is 0 Å². The molecule has 0 radical (unpaired) electrons. The molecule has 2 aromatic rings. The molecule has 0 aliphatic carbocycles. The molecule has 17 heavy (non-hydrogen) atoms. The largest absolute Gasteiger partial charge is 0.298 e. The number of halogens is 1. The SMILES string of the molecule is O=Cc1ccc(SCc2ccc(Cl)cc2)nc1. The summed E-state index contributed by atoms with van der Waals surface area (Å²) in [5, 5.41) is 1.65. The number of carbonyl (C=O) groups excluding carboxylic acids is 1. The number of hydrogen-bond donors (Lipinski definition) is 0. The second-order valence-corrected chi connectivity index (χ2v) is 4.89. The molecule has 0 aliphatic heterocycles. The number of pyridine rings is 1. The van der Waals surface area contributed by atoms with Crippen LogP contribution in [-0.4, -0.2) is 11.3 Å². The fourth-order valence-corrected chi connectivity index (χ4v) is 2.21. The number of benzene rings is 1. The van der Waals surface area contributed by atoms with E-state index in [4.69, 9.17) is 11.6 Å². The Hall–Kier alpha value is -1.32. The van der Waals surface area contributed by atoms with Crippen molar-refractivity contribution >= 4 is 29.6 Å². The Balaban J connectivity index is 1.97. The van der Waals surface area contributed by atoms with Crippen LogP contribution in [0.15, 0.2) is 47.6 Å². The van der Waals surface area contributed by atoms with E-state index >= 15 is 0 Å². The monoisotopic (exact) mass is 263 g/mol. The molecule has 0 aliphatic rings. The molecule has 1 aromatic heterocycles. The van der Waals surface area contributed by atoms with E-state index in [0.717, 1.165) is 22.1 Å². The van der Waals surface area contributed by atoms with Crippen LogP contribution in [0.3, 0.4) is 0 Å². The summed E-state index contributed by atoms with van der Waals surface area (Å²) in [6.45, 7) is 0. The van der Waals surface area contributed by atoms with Crippen LogP contribution >= 0.6 is 23.4 Å². The van der Waals surface area contributed by atoms with Crippen molar-refractivity contribution in [3.63, 3.8) is 0 Å². The lowest BCUT2D eigenvalue weighted by atomic mass is 10.2. The van der Waals surface area contributed by atoms with Gasteiger partial charge in [-0.1, -0.05) is 23.7 Å². The molecule has 0 saturated heterocycles. The minimum atomic E-state index is 0.598. The van der Waals surface area contributed by atoms with Gasteiger partial charge < -0.3 is 0 Å². The van der Waals surface area contributed by atoms with Crippen molar-refractivity contribution in [2.75, 3.05) is 0 Å². The molecule has 2 rings (SSSR count). The second-order valence-electron chi connectivity index (χ2n) is 3.46. The predicted octanol–water partition coefficient (Wildman–Crippen LogP) is 3.84. The van der Waals surface area contributed by atoms with E-state index in [9.17, 15) is 4.79 Å². The fraction of sp³-hybridized carbons (Fsp3) is 0.0769. The summed E-state index contributed by atoms with van der Waals surface area (Å²) >= 11 is 7.44. The number of nitrogens with zero attached hydrogens (tertiary/aromatic N) is 1. The summed E-state index contributed by atoms with van der Waals surface area (Å²) in [4.78, 5) is 14.7. The lowest BCUT2D eigenvalue weighted by Gasteiger charge is -2.01. The Kier molecular flexibility index (Phi) is 4.18. The van der Waals surface area contributed by atoms with Crippen LogP contribution in [0.5, 0.6) is 0 Å². The van der Waals surface area contributed by atoms with Crippen molar-refractivity contribution in [2.45, 2.75) is 10.8 Å². The molecule has 0 unspecified atom stereocenters. The van der Waals surface area contributed by atoms with Crippen LogP contribution in [0, 0.1) is 0 Å². The highest BCUT2D eigenvalue weighted by Gasteiger charge is 1.98. The van der Waals surface area contributed by atoms with Gasteiger partial charge in [-0.25, -0.2) is 4.98 Å². The number of hydrogen-bond acceptors (Lipinski definition) is 3. The Morgan fingerprint density at radius 1 is 1.18 bits per heavy atom. The first kappa shape index (κ1) is 12.1. The molecule has 0 fully saturated rings. The van der Waals surface area contributed by atoms with Crippen LogP contribution in [0.25, 0.3) is 0 Å². The van der Waals surface area contributed by atoms with Gasteiger partial charge in [0.1, 0.15) is 0 Å². The Bertz CT molecular complexity index is 496. The fourth-order valence-electron chi connectivity index (χ4n) is 1.28. The van der Waals surface area contributed by atoms with Crippen molar-refractivity contribution < 1.29 is 4.79 Å². The molecule has 1 aromatic carbocycles. The Morgan fingerprint density at radius 3 is 2.53 bits per heavy atom. The molecule has 1 heterocycles. The quantitative estimate of drug-likeness (QED) is 0.620.